The van der Waals surface area contributed by atoms with Crippen molar-refractivity contribution in [3.8, 4) is 0 Å². The molecular weight excluding hydrogens is 238 g/mol. The van der Waals surface area contributed by atoms with Gasteiger partial charge in [-0.3, -0.25) is 0 Å². The van der Waals surface area contributed by atoms with Gasteiger partial charge in [-0.05, 0) is 24.1 Å². The Morgan fingerprint density at radius 1 is 1.24 bits per heavy atom. The number of hydrogen-bond acceptors (Lipinski definition) is 4. The summed E-state index contributed by atoms with van der Waals surface area (Å²) in [6.07, 6.45) is -0.604. The largest absolute Gasteiger partial charge is 0.399 e. The Kier molecular flexibility index (Phi) is 4.54. The molecule has 0 radical (unpaired) electrons. The molecule has 0 aliphatic heterocycles. The molecule has 2 atom stereocenters. The molecule has 17 heavy (non-hydrogen) atoms. The highest BCUT2D eigenvalue weighted by molar-refractivity contribution is 7.92. The van der Waals surface area contributed by atoms with Crippen molar-refractivity contribution in [2.24, 2.45) is 0 Å². The van der Waals surface area contributed by atoms with Gasteiger partial charge in [-0.1, -0.05) is 26.0 Å². The molecular formula is C12H19NO3S. The van der Waals surface area contributed by atoms with Crippen molar-refractivity contribution in [2.45, 2.75) is 31.6 Å². The van der Waals surface area contributed by atoms with Crippen LogP contribution in [0.1, 0.15) is 31.9 Å². The average molecular weight is 257 g/mol. The third kappa shape index (κ3) is 3.20. The van der Waals surface area contributed by atoms with E-state index in [-0.39, 0.29) is 5.75 Å². The third-order valence-electron chi connectivity index (χ3n) is 2.90. The molecule has 96 valence electrons. The lowest BCUT2D eigenvalue weighted by atomic mass is 10.0. The summed E-state index contributed by atoms with van der Waals surface area (Å²) in [4.78, 5) is 0. The number of rotatable bonds is 5. The van der Waals surface area contributed by atoms with E-state index in [1.54, 1.807) is 38.1 Å². The lowest BCUT2D eigenvalue weighted by molar-refractivity contribution is 0.169. The molecule has 0 spiro atoms. The molecule has 3 N–H and O–H groups in total. The minimum Gasteiger partial charge on any atom is -0.399 e. The standard InChI is InChI=1S/C12H19NO3S/c1-3-11(17(15,16)4-2)12(14)9-5-7-10(13)8-6-9/h5-8,11-12,14H,3-4,13H2,1-2H3/t11-,12+/m1/s1. The maximum atomic E-state index is 11.8. The van der Waals surface area contributed by atoms with Crippen molar-refractivity contribution in [2.75, 3.05) is 11.5 Å². The van der Waals surface area contributed by atoms with Crippen molar-refractivity contribution >= 4 is 15.5 Å². The molecule has 5 heteroatoms. The Morgan fingerprint density at radius 2 is 1.76 bits per heavy atom. The Morgan fingerprint density at radius 3 is 2.18 bits per heavy atom. The first-order valence-electron chi connectivity index (χ1n) is 5.67. The van der Waals surface area contributed by atoms with Crippen LogP contribution in [0.3, 0.4) is 0 Å². The van der Waals surface area contributed by atoms with Gasteiger partial charge < -0.3 is 10.8 Å². The molecule has 0 saturated heterocycles. The van der Waals surface area contributed by atoms with Gasteiger partial charge in [0.05, 0.1) is 11.4 Å². The molecule has 0 aliphatic rings. The number of benzene rings is 1. The zero-order chi connectivity index (χ0) is 13.1. The van der Waals surface area contributed by atoms with Crippen LogP contribution < -0.4 is 5.73 Å². The summed E-state index contributed by atoms with van der Waals surface area (Å²) in [7, 11) is -3.25. The summed E-state index contributed by atoms with van der Waals surface area (Å²) in [5.41, 5.74) is 6.72. The first-order valence-corrected chi connectivity index (χ1v) is 7.39. The van der Waals surface area contributed by atoms with E-state index in [9.17, 15) is 13.5 Å². The van der Waals surface area contributed by atoms with Gasteiger partial charge in [0.1, 0.15) is 0 Å². The highest BCUT2D eigenvalue weighted by Crippen LogP contribution is 2.25. The summed E-state index contributed by atoms with van der Waals surface area (Å²) in [5, 5.41) is 9.36. The van der Waals surface area contributed by atoms with Gasteiger partial charge in [-0.15, -0.1) is 0 Å². The zero-order valence-corrected chi connectivity index (χ0v) is 10.9. The predicted molar refractivity (Wildman–Crippen MR) is 69.4 cm³/mol. The smallest absolute Gasteiger partial charge is 0.155 e. The Labute approximate surface area is 102 Å². The Balaban J connectivity index is 3.02. The molecule has 1 aromatic rings. The summed E-state index contributed by atoms with van der Waals surface area (Å²) >= 11 is 0. The van der Waals surface area contributed by atoms with Crippen molar-refractivity contribution in [3.05, 3.63) is 29.8 Å². The summed E-state index contributed by atoms with van der Waals surface area (Å²) in [6, 6.07) is 6.63. The van der Waals surface area contributed by atoms with Crippen molar-refractivity contribution in [1.82, 2.24) is 0 Å². The van der Waals surface area contributed by atoms with Gasteiger partial charge >= 0.3 is 0 Å². The Hall–Kier alpha value is -1.07. The molecule has 4 nitrogen and oxygen atoms in total. The molecule has 0 saturated carbocycles. The molecule has 1 rings (SSSR count). The van der Waals surface area contributed by atoms with Crippen LogP contribution in [0.15, 0.2) is 24.3 Å². The second kappa shape index (κ2) is 5.51. The number of aliphatic hydroxyl groups is 1. The summed E-state index contributed by atoms with van der Waals surface area (Å²) in [6.45, 7) is 3.35. The van der Waals surface area contributed by atoms with Crippen molar-refractivity contribution in [1.29, 1.82) is 0 Å². The quantitative estimate of drug-likeness (QED) is 0.784. The van der Waals surface area contributed by atoms with Gasteiger partial charge in [0.15, 0.2) is 9.84 Å². The minimum absolute atomic E-state index is 0.0392. The van der Waals surface area contributed by atoms with Crippen LogP contribution in [0.25, 0.3) is 0 Å². The van der Waals surface area contributed by atoms with Crippen LogP contribution >= 0.6 is 0 Å². The first kappa shape index (κ1) is 14.0. The van der Waals surface area contributed by atoms with Crippen LogP contribution in [0.2, 0.25) is 0 Å². The number of nitrogens with two attached hydrogens (primary N) is 1. The second-order valence-electron chi connectivity index (χ2n) is 4.01. The van der Waals surface area contributed by atoms with Gasteiger partial charge in [0.25, 0.3) is 0 Å². The fourth-order valence-corrected chi connectivity index (χ4v) is 3.28. The fourth-order valence-electron chi connectivity index (χ4n) is 1.80. The number of sulfone groups is 1. The first-order chi connectivity index (χ1) is 7.92. The molecule has 1 aromatic carbocycles. The van der Waals surface area contributed by atoms with E-state index in [4.69, 9.17) is 5.73 Å². The lowest BCUT2D eigenvalue weighted by Crippen LogP contribution is -2.29. The maximum Gasteiger partial charge on any atom is 0.155 e. The van der Waals surface area contributed by atoms with Gasteiger partial charge in [0.2, 0.25) is 0 Å². The Bertz CT molecular complexity index is 453. The minimum atomic E-state index is -3.25. The molecule has 0 heterocycles. The third-order valence-corrected chi connectivity index (χ3v) is 5.21. The van der Waals surface area contributed by atoms with E-state index in [0.29, 0.717) is 17.7 Å². The monoisotopic (exact) mass is 257 g/mol. The lowest BCUT2D eigenvalue weighted by Gasteiger charge is -2.21. The van der Waals surface area contributed by atoms with E-state index in [1.165, 1.54) is 0 Å². The number of aliphatic hydroxyl groups excluding tert-OH is 1. The maximum absolute atomic E-state index is 11.8. The molecule has 0 fully saturated rings. The molecule has 0 aliphatic carbocycles. The van der Waals surface area contributed by atoms with E-state index in [1.807, 2.05) is 0 Å². The fraction of sp³-hybridized carbons (Fsp3) is 0.500. The predicted octanol–water partition coefficient (Wildman–Crippen LogP) is 1.52. The van der Waals surface area contributed by atoms with E-state index >= 15 is 0 Å². The van der Waals surface area contributed by atoms with E-state index in [0.717, 1.165) is 0 Å². The van der Waals surface area contributed by atoms with Crippen LogP contribution in [-0.4, -0.2) is 24.5 Å². The highest BCUT2D eigenvalue weighted by Gasteiger charge is 2.30. The van der Waals surface area contributed by atoms with Crippen LogP contribution in [-0.2, 0) is 9.84 Å². The molecule has 0 unspecified atom stereocenters. The summed E-state index contributed by atoms with van der Waals surface area (Å²) in [5.74, 6) is 0.0392. The molecule has 0 bridgehead atoms. The normalized spacial score (nSPS) is 15.5. The van der Waals surface area contributed by atoms with Gasteiger partial charge in [-0.25, -0.2) is 8.42 Å². The zero-order valence-electron chi connectivity index (χ0n) is 10.1. The van der Waals surface area contributed by atoms with E-state index < -0.39 is 21.2 Å². The van der Waals surface area contributed by atoms with Crippen LogP contribution in [0.5, 0.6) is 0 Å². The van der Waals surface area contributed by atoms with Gasteiger partial charge in [0, 0.05) is 11.4 Å². The summed E-state index contributed by atoms with van der Waals surface area (Å²) < 4.78 is 23.7. The number of nitrogen functional groups attached to an aromatic ring is 1. The van der Waals surface area contributed by atoms with E-state index in [2.05, 4.69) is 0 Å². The highest BCUT2D eigenvalue weighted by atomic mass is 32.2. The SMILES string of the molecule is CC[C@H]([C@@H](O)c1ccc(N)cc1)S(=O)(=O)CC. The molecule has 0 amide bonds. The second-order valence-corrected chi connectivity index (χ2v) is 6.52. The van der Waals surface area contributed by atoms with Crippen LogP contribution in [0.4, 0.5) is 5.69 Å². The number of hydrogen-bond donors (Lipinski definition) is 2. The topological polar surface area (TPSA) is 80.4 Å². The van der Waals surface area contributed by atoms with Gasteiger partial charge in [-0.2, -0.15) is 0 Å². The van der Waals surface area contributed by atoms with Crippen LogP contribution in [0, 0.1) is 0 Å². The molecule has 0 aromatic heterocycles. The van der Waals surface area contributed by atoms with Crippen molar-refractivity contribution < 1.29 is 13.5 Å². The number of anilines is 1. The van der Waals surface area contributed by atoms with Crippen molar-refractivity contribution in [3.63, 3.8) is 0 Å². The average Bonchev–Trinajstić information content (AvgIpc) is 2.30.